The molecule has 1 N–H and O–H groups in total. The van der Waals surface area contributed by atoms with Crippen LogP contribution in [0.15, 0.2) is 34.9 Å². The van der Waals surface area contributed by atoms with Crippen molar-refractivity contribution in [2.75, 3.05) is 0 Å². The van der Waals surface area contributed by atoms with E-state index in [4.69, 9.17) is 16.1 Å². The molecular weight excluding hydrogens is 214 g/mol. The van der Waals surface area contributed by atoms with E-state index in [2.05, 4.69) is 5.16 Å². The van der Waals surface area contributed by atoms with E-state index >= 15 is 0 Å². The third-order valence-corrected chi connectivity index (χ3v) is 2.30. The Bertz CT molecular complexity index is 465. The second kappa shape index (κ2) is 4.04. The van der Waals surface area contributed by atoms with Crippen molar-refractivity contribution in [2.24, 2.45) is 0 Å². The van der Waals surface area contributed by atoms with Gasteiger partial charge in [0.25, 0.3) is 0 Å². The first-order valence-electron chi connectivity index (χ1n) is 4.57. The van der Waals surface area contributed by atoms with Crippen molar-refractivity contribution in [3.63, 3.8) is 0 Å². The highest BCUT2D eigenvalue weighted by atomic mass is 35.5. The molecule has 1 heterocycles. The Kier molecular flexibility index (Phi) is 2.75. The fraction of sp³-hybridized carbons (Fsp3) is 0.182. The number of aliphatic hydroxyl groups excluding tert-OH is 1. The van der Waals surface area contributed by atoms with E-state index < -0.39 is 6.10 Å². The van der Waals surface area contributed by atoms with Gasteiger partial charge < -0.3 is 9.63 Å². The lowest BCUT2D eigenvalue weighted by molar-refractivity contribution is 0.188. The highest BCUT2D eigenvalue weighted by Crippen LogP contribution is 2.25. The van der Waals surface area contributed by atoms with Crippen LogP contribution in [0.25, 0.3) is 11.3 Å². The molecule has 0 aliphatic carbocycles. The number of rotatable bonds is 2. The molecule has 2 aromatic rings. The fourth-order valence-electron chi connectivity index (χ4n) is 1.26. The van der Waals surface area contributed by atoms with Crippen LogP contribution in [0.5, 0.6) is 0 Å². The predicted molar refractivity (Wildman–Crippen MR) is 57.6 cm³/mol. The maximum Gasteiger partial charge on any atom is 0.167 e. The predicted octanol–water partition coefficient (Wildman–Crippen LogP) is 3.05. The average Bonchev–Trinajstić information content (AvgIpc) is 2.66. The smallest absolute Gasteiger partial charge is 0.167 e. The number of hydrogen-bond acceptors (Lipinski definition) is 3. The summed E-state index contributed by atoms with van der Waals surface area (Å²) in [7, 11) is 0. The molecule has 0 radical (unpaired) electrons. The van der Waals surface area contributed by atoms with Gasteiger partial charge in [-0.15, -0.1) is 0 Å². The lowest BCUT2D eigenvalue weighted by atomic mass is 10.1. The van der Waals surface area contributed by atoms with Crippen LogP contribution in [0.4, 0.5) is 0 Å². The number of nitrogens with zero attached hydrogens (tertiary/aromatic N) is 1. The Morgan fingerprint density at radius 3 is 2.80 bits per heavy atom. The summed E-state index contributed by atoms with van der Waals surface area (Å²) in [6, 6.07) is 8.99. The van der Waals surface area contributed by atoms with Crippen LogP contribution in [-0.4, -0.2) is 10.3 Å². The van der Waals surface area contributed by atoms with E-state index in [1.807, 2.05) is 12.1 Å². The molecule has 0 aliphatic rings. The van der Waals surface area contributed by atoms with Gasteiger partial charge in [-0.2, -0.15) is 0 Å². The molecule has 1 atom stereocenters. The van der Waals surface area contributed by atoms with Crippen molar-refractivity contribution in [3.8, 4) is 11.3 Å². The van der Waals surface area contributed by atoms with Gasteiger partial charge in [0.2, 0.25) is 0 Å². The molecule has 78 valence electrons. The lowest BCUT2D eigenvalue weighted by Crippen LogP contribution is -1.88. The van der Waals surface area contributed by atoms with E-state index in [0.29, 0.717) is 16.5 Å². The summed E-state index contributed by atoms with van der Waals surface area (Å²) in [5, 5.41) is 13.7. The molecule has 1 unspecified atom stereocenters. The number of halogens is 1. The molecule has 15 heavy (non-hydrogen) atoms. The zero-order valence-electron chi connectivity index (χ0n) is 8.14. The van der Waals surface area contributed by atoms with Gasteiger partial charge in [-0.05, 0) is 19.1 Å². The molecule has 0 bridgehead atoms. The highest BCUT2D eigenvalue weighted by Gasteiger charge is 2.10. The molecule has 0 saturated heterocycles. The summed E-state index contributed by atoms with van der Waals surface area (Å²) >= 11 is 5.85. The maximum atomic E-state index is 9.29. The molecule has 0 fully saturated rings. The van der Waals surface area contributed by atoms with Crippen LogP contribution in [0.1, 0.15) is 18.7 Å². The van der Waals surface area contributed by atoms with E-state index in [9.17, 15) is 5.11 Å². The molecule has 4 heteroatoms. The van der Waals surface area contributed by atoms with Crippen LogP contribution < -0.4 is 0 Å². The third kappa shape index (κ3) is 2.19. The average molecular weight is 224 g/mol. The van der Waals surface area contributed by atoms with Crippen molar-refractivity contribution in [2.45, 2.75) is 13.0 Å². The molecule has 0 amide bonds. The molecule has 0 saturated carbocycles. The molecule has 2 rings (SSSR count). The van der Waals surface area contributed by atoms with Crippen molar-refractivity contribution in [3.05, 3.63) is 41.0 Å². The summed E-state index contributed by atoms with van der Waals surface area (Å²) in [5.41, 5.74) is 1.37. The standard InChI is InChI=1S/C11H10ClNO2/c1-7(14)10-6-11(15-13-10)8-3-2-4-9(12)5-8/h2-7,14H,1H3. The summed E-state index contributed by atoms with van der Waals surface area (Å²) in [4.78, 5) is 0. The zero-order chi connectivity index (χ0) is 10.8. The molecular formula is C11H10ClNO2. The normalized spacial score (nSPS) is 12.7. The van der Waals surface area contributed by atoms with E-state index in [-0.39, 0.29) is 0 Å². The molecule has 1 aromatic carbocycles. The SMILES string of the molecule is CC(O)c1cc(-c2cccc(Cl)c2)on1. The second-order valence-electron chi connectivity index (χ2n) is 3.30. The van der Waals surface area contributed by atoms with Gasteiger partial charge in [-0.25, -0.2) is 0 Å². The molecule has 0 spiro atoms. The van der Waals surface area contributed by atoms with E-state index in [1.54, 1.807) is 25.1 Å². The Morgan fingerprint density at radius 2 is 2.20 bits per heavy atom. The fourth-order valence-corrected chi connectivity index (χ4v) is 1.45. The molecule has 3 nitrogen and oxygen atoms in total. The number of benzene rings is 1. The molecule has 1 aromatic heterocycles. The summed E-state index contributed by atoms with van der Waals surface area (Å²) in [6.07, 6.45) is -0.623. The molecule has 0 aliphatic heterocycles. The van der Waals surface area contributed by atoms with E-state index in [1.165, 1.54) is 0 Å². The first kappa shape index (κ1) is 10.2. The van der Waals surface area contributed by atoms with Crippen molar-refractivity contribution in [1.82, 2.24) is 5.16 Å². The third-order valence-electron chi connectivity index (χ3n) is 2.07. The number of aliphatic hydroxyl groups is 1. The summed E-state index contributed by atoms with van der Waals surface area (Å²) < 4.78 is 5.10. The first-order chi connectivity index (χ1) is 7.16. The van der Waals surface area contributed by atoms with Gasteiger partial charge in [-0.3, -0.25) is 0 Å². The zero-order valence-corrected chi connectivity index (χ0v) is 8.90. The highest BCUT2D eigenvalue weighted by molar-refractivity contribution is 6.30. The van der Waals surface area contributed by atoms with Crippen molar-refractivity contribution in [1.29, 1.82) is 0 Å². The first-order valence-corrected chi connectivity index (χ1v) is 4.95. The Morgan fingerprint density at radius 1 is 1.40 bits per heavy atom. The minimum atomic E-state index is -0.623. The summed E-state index contributed by atoms with van der Waals surface area (Å²) in [6.45, 7) is 1.64. The van der Waals surface area contributed by atoms with Gasteiger partial charge in [0, 0.05) is 16.7 Å². The topological polar surface area (TPSA) is 46.3 Å². The van der Waals surface area contributed by atoms with Crippen LogP contribution in [0, 0.1) is 0 Å². The Balaban J connectivity index is 2.37. The van der Waals surface area contributed by atoms with Crippen LogP contribution >= 0.6 is 11.6 Å². The van der Waals surface area contributed by atoms with Gasteiger partial charge in [0.1, 0.15) is 5.69 Å². The van der Waals surface area contributed by atoms with Crippen LogP contribution in [-0.2, 0) is 0 Å². The van der Waals surface area contributed by atoms with Gasteiger partial charge in [-0.1, -0.05) is 28.9 Å². The summed E-state index contributed by atoms with van der Waals surface area (Å²) in [5.74, 6) is 0.605. The monoisotopic (exact) mass is 223 g/mol. The van der Waals surface area contributed by atoms with Crippen molar-refractivity contribution >= 4 is 11.6 Å². The van der Waals surface area contributed by atoms with Crippen molar-refractivity contribution < 1.29 is 9.63 Å². The number of hydrogen-bond donors (Lipinski definition) is 1. The largest absolute Gasteiger partial charge is 0.387 e. The van der Waals surface area contributed by atoms with E-state index in [0.717, 1.165) is 5.56 Å². The maximum absolute atomic E-state index is 9.29. The quantitative estimate of drug-likeness (QED) is 0.851. The van der Waals surface area contributed by atoms with Gasteiger partial charge in [0.15, 0.2) is 5.76 Å². The Hall–Kier alpha value is -1.32. The van der Waals surface area contributed by atoms with Crippen LogP contribution in [0.3, 0.4) is 0 Å². The minimum absolute atomic E-state index is 0.518. The minimum Gasteiger partial charge on any atom is -0.387 e. The van der Waals surface area contributed by atoms with Gasteiger partial charge in [0.05, 0.1) is 6.10 Å². The Labute approximate surface area is 92.3 Å². The van der Waals surface area contributed by atoms with Gasteiger partial charge >= 0.3 is 0 Å². The second-order valence-corrected chi connectivity index (χ2v) is 3.74. The lowest BCUT2D eigenvalue weighted by Gasteiger charge is -1.95. The number of aromatic nitrogens is 1. The van der Waals surface area contributed by atoms with Crippen LogP contribution in [0.2, 0.25) is 5.02 Å².